The van der Waals surface area contributed by atoms with Crippen LogP contribution in [0.15, 0.2) is 18.5 Å². The van der Waals surface area contributed by atoms with E-state index in [2.05, 4.69) is 10.3 Å². The number of halogens is 1. The number of ether oxygens (including phenoxy) is 1. The molecule has 1 fully saturated rings. The molecule has 1 saturated carbocycles. The predicted molar refractivity (Wildman–Crippen MR) is 57.0 cm³/mol. The zero-order valence-corrected chi connectivity index (χ0v) is 9.16. The first-order valence-electron chi connectivity index (χ1n) is 5.01. The topological polar surface area (TPSA) is 51.2 Å². The molecule has 2 rings (SSSR count). The Kier molecular flexibility index (Phi) is 2.53. The van der Waals surface area contributed by atoms with Gasteiger partial charge in [0.05, 0.1) is 18.7 Å². The number of pyridine rings is 1. The highest BCUT2D eigenvalue weighted by atomic mass is 19.1. The largest absolute Gasteiger partial charge is 0.494 e. The van der Waals surface area contributed by atoms with Crippen molar-refractivity contribution in [2.75, 3.05) is 12.4 Å². The van der Waals surface area contributed by atoms with Crippen LogP contribution in [0.2, 0.25) is 0 Å². The summed E-state index contributed by atoms with van der Waals surface area (Å²) in [5, 5.41) is 2.63. The highest BCUT2D eigenvalue weighted by molar-refractivity contribution is 5.98. The normalized spacial score (nSPS) is 27.3. The Balaban J connectivity index is 2.12. The van der Waals surface area contributed by atoms with Crippen molar-refractivity contribution in [3.05, 3.63) is 18.5 Å². The summed E-state index contributed by atoms with van der Waals surface area (Å²) in [6, 6.07) is 1.64. The van der Waals surface area contributed by atoms with Crippen molar-refractivity contribution in [2.45, 2.75) is 19.5 Å². The van der Waals surface area contributed by atoms with Gasteiger partial charge in [-0.1, -0.05) is 0 Å². The Morgan fingerprint density at radius 3 is 3.00 bits per heavy atom. The molecule has 0 bridgehead atoms. The number of carbonyl (C=O) groups excluding carboxylic acids is 1. The number of alkyl halides is 1. The number of hydrogen-bond donors (Lipinski definition) is 1. The fraction of sp³-hybridized carbons (Fsp3) is 0.455. The Labute approximate surface area is 92.8 Å². The van der Waals surface area contributed by atoms with Gasteiger partial charge in [0.15, 0.2) is 0 Å². The van der Waals surface area contributed by atoms with Crippen LogP contribution in [-0.4, -0.2) is 24.2 Å². The van der Waals surface area contributed by atoms with Gasteiger partial charge in [-0.05, 0) is 13.3 Å². The lowest BCUT2D eigenvalue weighted by molar-refractivity contribution is -0.121. The molecule has 0 aliphatic heterocycles. The quantitative estimate of drug-likeness (QED) is 0.851. The summed E-state index contributed by atoms with van der Waals surface area (Å²) >= 11 is 0. The minimum Gasteiger partial charge on any atom is -0.494 e. The third kappa shape index (κ3) is 1.73. The van der Waals surface area contributed by atoms with Crippen LogP contribution >= 0.6 is 0 Å². The Morgan fingerprint density at radius 1 is 1.75 bits per heavy atom. The molecule has 1 amide bonds. The molecule has 0 saturated heterocycles. The lowest BCUT2D eigenvalue weighted by atomic mass is 10.1. The second kappa shape index (κ2) is 3.73. The number of rotatable bonds is 3. The monoisotopic (exact) mass is 224 g/mol. The van der Waals surface area contributed by atoms with Gasteiger partial charge < -0.3 is 10.1 Å². The summed E-state index contributed by atoms with van der Waals surface area (Å²) in [7, 11) is 1.50. The fourth-order valence-electron chi connectivity index (χ4n) is 1.47. The number of aromatic nitrogens is 1. The van der Waals surface area contributed by atoms with Gasteiger partial charge in [0.2, 0.25) is 5.91 Å². The van der Waals surface area contributed by atoms with Gasteiger partial charge in [-0.2, -0.15) is 0 Å². The van der Waals surface area contributed by atoms with Crippen LogP contribution in [-0.2, 0) is 4.79 Å². The fourth-order valence-corrected chi connectivity index (χ4v) is 1.47. The third-order valence-electron chi connectivity index (χ3n) is 2.90. The van der Waals surface area contributed by atoms with E-state index < -0.39 is 11.6 Å². The van der Waals surface area contributed by atoms with Gasteiger partial charge in [-0.25, -0.2) is 4.39 Å². The molecule has 1 N–H and O–H groups in total. The first-order valence-corrected chi connectivity index (χ1v) is 5.01. The summed E-state index contributed by atoms with van der Waals surface area (Å²) in [4.78, 5) is 15.6. The van der Waals surface area contributed by atoms with Crippen LogP contribution in [0.5, 0.6) is 5.75 Å². The smallest absolute Gasteiger partial charge is 0.233 e. The van der Waals surface area contributed by atoms with Gasteiger partial charge in [0.25, 0.3) is 0 Å². The standard InChI is InChI=1S/C11H13FN2O2/c1-11(5-9(11)12)10(15)14-7-6-13-4-3-8(7)16-2/h3-4,6,9H,5H2,1-2H3,(H,14,15)/t9-,11-/m0/s1. The minimum absolute atomic E-state index is 0.279. The van der Waals surface area contributed by atoms with Crippen LogP contribution in [0.1, 0.15) is 13.3 Å². The van der Waals surface area contributed by atoms with Crippen molar-refractivity contribution in [2.24, 2.45) is 5.41 Å². The molecule has 0 aromatic carbocycles. The highest BCUT2D eigenvalue weighted by Crippen LogP contribution is 2.49. The van der Waals surface area contributed by atoms with Crippen LogP contribution in [0.25, 0.3) is 0 Å². The van der Waals surface area contributed by atoms with Crippen molar-refractivity contribution >= 4 is 11.6 Å². The van der Waals surface area contributed by atoms with Crippen LogP contribution in [0.4, 0.5) is 10.1 Å². The van der Waals surface area contributed by atoms with Crippen molar-refractivity contribution in [1.29, 1.82) is 0 Å². The number of carbonyl (C=O) groups is 1. The van der Waals surface area contributed by atoms with Crippen LogP contribution in [0, 0.1) is 5.41 Å². The second-order valence-electron chi connectivity index (χ2n) is 4.12. The van der Waals surface area contributed by atoms with Crippen LogP contribution in [0.3, 0.4) is 0 Å². The van der Waals surface area contributed by atoms with E-state index in [9.17, 15) is 9.18 Å². The van der Waals surface area contributed by atoms with Crippen LogP contribution < -0.4 is 10.1 Å². The first-order chi connectivity index (χ1) is 7.58. The summed E-state index contributed by atoms with van der Waals surface area (Å²) in [5.41, 5.74) is -0.420. The predicted octanol–water partition coefficient (Wildman–Crippen LogP) is 1.78. The molecule has 1 aromatic heterocycles. The van der Waals surface area contributed by atoms with Gasteiger partial charge in [-0.15, -0.1) is 0 Å². The molecule has 2 atom stereocenters. The Bertz CT molecular complexity index is 424. The van der Waals surface area contributed by atoms with E-state index in [1.165, 1.54) is 13.3 Å². The maximum Gasteiger partial charge on any atom is 0.233 e. The van der Waals surface area contributed by atoms with E-state index >= 15 is 0 Å². The van der Waals surface area contributed by atoms with E-state index in [-0.39, 0.29) is 12.3 Å². The van der Waals surface area contributed by atoms with E-state index in [1.54, 1.807) is 19.2 Å². The highest BCUT2D eigenvalue weighted by Gasteiger charge is 2.57. The van der Waals surface area contributed by atoms with Crippen molar-refractivity contribution in [1.82, 2.24) is 4.98 Å². The van der Waals surface area contributed by atoms with Crippen molar-refractivity contribution < 1.29 is 13.9 Å². The summed E-state index contributed by atoms with van der Waals surface area (Å²) < 4.78 is 18.0. The van der Waals surface area contributed by atoms with Gasteiger partial charge in [-0.3, -0.25) is 9.78 Å². The lowest BCUT2D eigenvalue weighted by Gasteiger charge is -2.12. The number of nitrogens with zero attached hydrogens (tertiary/aromatic N) is 1. The summed E-state index contributed by atoms with van der Waals surface area (Å²) in [5.74, 6) is 0.189. The molecule has 1 aliphatic rings. The van der Waals surface area contributed by atoms with Gasteiger partial charge in [0, 0.05) is 12.3 Å². The zero-order chi connectivity index (χ0) is 11.8. The summed E-state index contributed by atoms with van der Waals surface area (Å²) in [6.07, 6.45) is 2.28. The van der Waals surface area contributed by atoms with Crippen molar-refractivity contribution in [3.63, 3.8) is 0 Å². The summed E-state index contributed by atoms with van der Waals surface area (Å²) in [6.45, 7) is 1.61. The number of amides is 1. The maximum atomic E-state index is 13.0. The van der Waals surface area contributed by atoms with E-state index in [0.717, 1.165) is 0 Å². The average Bonchev–Trinajstić information content (AvgIpc) is 2.89. The van der Waals surface area contributed by atoms with E-state index in [1.807, 2.05) is 0 Å². The Hall–Kier alpha value is -1.65. The van der Waals surface area contributed by atoms with Gasteiger partial charge in [0.1, 0.15) is 17.6 Å². The Morgan fingerprint density at radius 2 is 2.44 bits per heavy atom. The van der Waals surface area contributed by atoms with E-state index in [0.29, 0.717) is 11.4 Å². The number of methoxy groups -OCH3 is 1. The molecule has 86 valence electrons. The minimum atomic E-state index is -1.05. The molecule has 1 aliphatic carbocycles. The molecule has 0 radical (unpaired) electrons. The second-order valence-corrected chi connectivity index (χ2v) is 4.12. The third-order valence-corrected chi connectivity index (χ3v) is 2.90. The molecule has 0 unspecified atom stereocenters. The zero-order valence-electron chi connectivity index (χ0n) is 9.16. The SMILES string of the molecule is COc1ccncc1NC(=O)[C@@]1(C)C[C@@H]1F. The molecule has 1 heterocycles. The number of anilines is 1. The average molecular weight is 224 g/mol. The molecule has 0 spiro atoms. The maximum absolute atomic E-state index is 13.0. The lowest BCUT2D eigenvalue weighted by Crippen LogP contribution is -2.24. The molecule has 1 aromatic rings. The molecule has 4 nitrogen and oxygen atoms in total. The first kappa shape index (κ1) is 10.9. The van der Waals surface area contributed by atoms with E-state index in [4.69, 9.17) is 4.74 Å². The number of hydrogen-bond acceptors (Lipinski definition) is 3. The number of nitrogens with one attached hydrogen (secondary N) is 1. The molecular weight excluding hydrogens is 211 g/mol. The molecular formula is C11H13FN2O2. The van der Waals surface area contributed by atoms with Crippen molar-refractivity contribution in [3.8, 4) is 5.75 Å². The van der Waals surface area contributed by atoms with Gasteiger partial charge >= 0.3 is 0 Å². The molecule has 5 heteroatoms. The molecule has 16 heavy (non-hydrogen) atoms.